The molecule has 0 amide bonds. The van der Waals surface area contributed by atoms with E-state index in [1.807, 2.05) is 6.07 Å². The third-order valence-corrected chi connectivity index (χ3v) is 14.0. The Morgan fingerprint density at radius 1 is 0.600 bits per heavy atom. The van der Waals surface area contributed by atoms with Crippen molar-refractivity contribution >= 4 is 39.5 Å². The molecule has 0 saturated carbocycles. The molecule has 3 nitrogen and oxygen atoms in total. The maximum absolute atomic E-state index is 6.29. The van der Waals surface area contributed by atoms with Crippen LogP contribution in [0.3, 0.4) is 0 Å². The average Bonchev–Trinajstić information content (AvgIpc) is 3.98. The minimum atomic E-state index is -0.504. The summed E-state index contributed by atoms with van der Waals surface area (Å²) in [6, 6.07) is 75.5. The molecular weight excluding hydrogens is 789 g/mol. The number of anilines is 2. The van der Waals surface area contributed by atoms with Crippen molar-refractivity contribution in [3.05, 3.63) is 269 Å². The summed E-state index contributed by atoms with van der Waals surface area (Å²) < 4.78 is 8.75. The Kier molecular flexibility index (Phi) is 9.38. The van der Waals surface area contributed by atoms with Crippen LogP contribution in [0, 0.1) is 0 Å². The highest BCUT2D eigenvalue weighted by Crippen LogP contribution is 2.57. The molecule has 0 fully saturated rings. The molecule has 65 heavy (non-hydrogen) atoms. The first-order valence-electron chi connectivity index (χ1n) is 22.9. The van der Waals surface area contributed by atoms with Gasteiger partial charge in [-0.15, -0.1) is 0 Å². The Morgan fingerprint density at radius 3 is 1.97 bits per heavy atom. The lowest BCUT2D eigenvalue weighted by Gasteiger charge is -2.35. The molecule has 3 aliphatic rings. The summed E-state index contributed by atoms with van der Waals surface area (Å²) in [5.74, 6) is 0.940. The summed E-state index contributed by atoms with van der Waals surface area (Å²) in [6.07, 6.45) is 8.87. The van der Waals surface area contributed by atoms with Gasteiger partial charge in [-0.2, -0.15) is 0 Å². The van der Waals surface area contributed by atoms with E-state index in [1.165, 1.54) is 77.9 Å². The third-order valence-electron chi connectivity index (χ3n) is 14.0. The maximum Gasteiger partial charge on any atom is 0.127 e. The summed E-state index contributed by atoms with van der Waals surface area (Å²) in [4.78, 5) is 2.43. The highest BCUT2D eigenvalue weighted by atomic mass is 16.5. The molecule has 1 unspecified atom stereocenters. The molecule has 12 rings (SSSR count). The normalized spacial score (nSPS) is 16.3. The largest absolute Gasteiger partial charge is 0.485 e. The van der Waals surface area contributed by atoms with Crippen LogP contribution in [0.1, 0.15) is 64.9 Å². The molecule has 9 aromatic rings. The molecule has 2 heterocycles. The maximum atomic E-state index is 6.29. The molecule has 1 aromatic heterocycles. The summed E-state index contributed by atoms with van der Waals surface area (Å²) in [6.45, 7) is 4.37. The van der Waals surface area contributed by atoms with E-state index in [0.29, 0.717) is 0 Å². The minimum Gasteiger partial charge on any atom is -0.485 e. The van der Waals surface area contributed by atoms with Crippen molar-refractivity contribution in [1.29, 1.82) is 0 Å². The number of rotatable bonds is 8. The number of allylic oxidation sites excluding steroid dienone is 4. The molecule has 0 bridgehead atoms. The van der Waals surface area contributed by atoms with E-state index in [-0.39, 0.29) is 6.10 Å². The van der Waals surface area contributed by atoms with Crippen LogP contribution in [0.2, 0.25) is 0 Å². The van der Waals surface area contributed by atoms with Crippen LogP contribution in [0.25, 0.3) is 44.9 Å². The third kappa shape index (κ3) is 6.25. The molecule has 2 aliphatic carbocycles. The first-order valence-corrected chi connectivity index (χ1v) is 22.9. The van der Waals surface area contributed by atoms with Crippen LogP contribution < -0.4 is 9.64 Å². The van der Waals surface area contributed by atoms with Gasteiger partial charge in [0.25, 0.3) is 0 Å². The number of ether oxygens (including phenoxy) is 1. The van der Waals surface area contributed by atoms with Crippen molar-refractivity contribution in [2.45, 2.75) is 38.2 Å². The summed E-state index contributed by atoms with van der Waals surface area (Å²) in [7, 11) is 0. The van der Waals surface area contributed by atoms with Crippen molar-refractivity contribution in [2.75, 3.05) is 4.90 Å². The van der Waals surface area contributed by atoms with Crippen LogP contribution in [0.5, 0.6) is 5.75 Å². The number of nitrogens with zero attached hydrogens (tertiary/aromatic N) is 2. The molecule has 0 N–H and O–H groups in total. The summed E-state index contributed by atoms with van der Waals surface area (Å²) in [5, 5.41) is 1.30. The van der Waals surface area contributed by atoms with Crippen molar-refractivity contribution < 1.29 is 4.74 Å². The van der Waals surface area contributed by atoms with Gasteiger partial charge in [0.05, 0.1) is 10.9 Å². The standard InChI is InChI=1S/C62H48N2O/c1-42(30-37-51-43(2)65-61-29-17-14-26-55(51)61)63(49-34-31-44(32-35-49)45-33-39-60-56(40-45)54-25-13-16-28-59(54)64(60)48-22-10-5-11-23-48)50-36-38-53-52-24-12-15-27-57(52)62(58(53)41-50,46-18-6-3-7-19-46)47-20-8-4-9-21-47/h3-32,34-38,40-41,43H,33,39H2,1-2H3/b42-30+,51-37+. The quantitative estimate of drug-likeness (QED) is 0.152. The summed E-state index contributed by atoms with van der Waals surface area (Å²) >= 11 is 0. The van der Waals surface area contributed by atoms with Crippen LogP contribution in [0.4, 0.5) is 11.4 Å². The Morgan fingerprint density at radius 2 is 1.22 bits per heavy atom. The second-order valence-corrected chi connectivity index (χ2v) is 17.5. The minimum absolute atomic E-state index is 0.0361. The molecule has 0 radical (unpaired) electrons. The van der Waals surface area contributed by atoms with Crippen molar-refractivity contribution in [2.24, 2.45) is 0 Å². The lowest BCUT2D eigenvalue weighted by molar-refractivity contribution is 0.297. The first kappa shape index (κ1) is 38.8. The Balaban J connectivity index is 1.00. The number of hydrogen-bond acceptors (Lipinski definition) is 2. The predicted octanol–water partition coefficient (Wildman–Crippen LogP) is 15.4. The molecular formula is C62H48N2O. The van der Waals surface area contributed by atoms with E-state index < -0.39 is 5.41 Å². The number of hydrogen-bond donors (Lipinski definition) is 0. The Bertz CT molecular complexity index is 3320. The van der Waals surface area contributed by atoms with Crippen LogP contribution in [-0.2, 0) is 11.8 Å². The molecule has 1 atom stereocenters. The molecule has 0 spiro atoms. The second-order valence-electron chi connectivity index (χ2n) is 17.5. The van der Waals surface area contributed by atoms with Crippen LogP contribution >= 0.6 is 0 Å². The Hall–Kier alpha value is -7.88. The van der Waals surface area contributed by atoms with Gasteiger partial charge in [-0.05, 0) is 132 Å². The number of para-hydroxylation sites is 3. The van der Waals surface area contributed by atoms with E-state index in [1.54, 1.807) is 0 Å². The second kappa shape index (κ2) is 15.7. The van der Waals surface area contributed by atoms with Gasteiger partial charge in [-0.25, -0.2) is 0 Å². The Labute approximate surface area is 381 Å². The zero-order valence-corrected chi connectivity index (χ0v) is 36.7. The van der Waals surface area contributed by atoms with Gasteiger partial charge in [0, 0.05) is 50.5 Å². The number of benzene rings is 8. The van der Waals surface area contributed by atoms with Gasteiger partial charge in [-0.3, -0.25) is 0 Å². The lowest BCUT2D eigenvalue weighted by atomic mass is 9.67. The van der Waals surface area contributed by atoms with Crippen LogP contribution in [0.15, 0.2) is 224 Å². The van der Waals surface area contributed by atoms with Gasteiger partial charge >= 0.3 is 0 Å². The topological polar surface area (TPSA) is 17.4 Å². The van der Waals surface area contributed by atoms with Crippen LogP contribution in [-0.4, -0.2) is 10.7 Å². The fraction of sp³-hybridized carbons (Fsp3) is 0.0968. The average molecular weight is 837 g/mol. The molecule has 8 aromatic carbocycles. The summed E-state index contributed by atoms with van der Waals surface area (Å²) in [5.41, 5.74) is 20.6. The monoisotopic (exact) mass is 836 g/mol. The van der Waals surface area contributed by atoms with Gasteiger partial charge in [0.15, 0.2) is 0 Å². The molecule has 312 valence electrons. The number of fused-ring (bicyclic) bond motifs is 7. The fourth-order valence-corrected chi connectivity index (χ4v) is 11.1. The molecule has 0 saturated heterocycles. The van der Waals surface area contributed by atoms with Gasteiger partial charge in [-0.1, -0.05) is 164 Å². The van der Waals surface area contributed by atoms with Gasteiger partial charge in [0.2, 0.25) is 0 Å². The zero-order chi connectivity index (χ0) is 43.5. The van der Waals surface area contributed by atoms with Gasteiger partial charge in [0.1, 0.15) is 11.9 Å². The highest BCUT2D eigenvalue weighted by molar-refractivity contribution is 5.99. The molecule has 3 heteroatoms. The highest BCUT2D eigenvalue weighted by Gasteiger charge is 2.46. The van der Waals surface area contributed by atoms with E-state index in [2.05, 4.69) is 242 Å². The SMILES string of the molecule is C/C(=C\C=C1\c2ccccc2OC1C)N(c1ccc(C2=Cc3c(n(-c4ccccc4)c4ccccc34)CC2)cc1)c1ccc2c(c1)C(c1ccccc1)(c1ccccc1)c1ccccc1-2. The van der Waals surface area contributed by atoms with Crippen molar-refractivity contribution in [3.8, 4) is 22.6 Å². The van der Waals surface area contributed by atoms with Gasteiger partial charge < -0.3 is 14.2 Å². The lowest BCUT2D eigenvalue weighted by Crippen LogP contribution is -2.28. The van der Waals surface area contributed by atoms with E-state index >= 15 is 0 Å². The molecule has 1 aliphatic heterocycles. The zero-order valence-electron chi connectivity index (χ0n) is 36.7. The van der Waals surface area contributed by atoms with Crippen molar-refractivity contribution in [1.82, 2.24) is 4.57 Å². The predicted molar refractivity (Wildman–Crippen MR) is 270 cm³/mol. The van der Waals surface area contributed by atoms with E-state index in [4.69, 9.17) is 4.74 Å². The smallest absolute Gasteiger partial charge is 0.127 e. The number of aromatic nitrogens is 1. The fourth-order valence-electron chi connectivity index (χ4n) is 11.1. The van der Waals surface area contributed by atoms with E-state index in [9.17, 15) is 0 Å². The first-order chi connectivity index (χ1) is 32.1. The van der Waals surface area contributed by atoms with E-state index in [0.717, 1.165) is 41.2 Å². The van der Waals surface area contributed by atoms with Crippen molar-refractivity contribution in [3.63, 3.8) is 0 Å².